The van der Waals surface area contributed by atoms with Gasteiger partial charge in [0.15, 0.2) is 0 Å². The van der Waals surface area contributed by atoms with Crippen LogP contribution in [0.4, 0.5) is 5.69 Å². The summed E-state index contributed by atoms with van der Waals surface area (Å²) in [6.45, 7) is 3.76. The van der Waals surface area contributed by atoms with E-state index >= 15 is 0 Å². The van der Waals surface area contributed by atoms with E-state index < -0.39 is 0 Å². The van der Waals surface area contributed by atoms with E-state index in [0.29, 0.717) is 10.0 Å². The predicted molar refractivity (Wildman–Crippen MR) is 104 cm³/mol. The van der Waals surface area contributed by atoms with Crippen molar-refractivity contribution in [1.82, 2.24) is 0 Å². The zero-order valence-electron chi connectivity index (χ0n) is 14.2. The van der Waals surface area contributed by atoms with Gasteiger partial charge in [0.25, 0.3) is 0 Å². The van der Waals surface area contributed by atoms with E-state index in [1.807, 2.05) is 24.3 Å². The van der Waals surface area contributed by atoms with E-state index in [4.69, 9.17) is 27.9 Å². The molecule has 0 heterocycles. The highest BCUT2D eigenvalue weighted by Crippen LogP contribution is 2.25. The lowest BCUT2D eigenvalue weighted by atomic mass is 10.2. The van der Waals surface area contributed by atoms with Crippen LogP contribution in [0.1, 0.15) is 44.6 Å². The second-order valence-electron chi connectivity index (χ2n) is 5.89. The Balaban J connectivity index is 1.72. The van der Waals surface area contributed by atoms with E-state index in [0.717, 1.165) is 31.0 Å². The van der Waals surface area contributed by atoms with Crippen LogP contribution in [0, 0.1) is 0 Å². The fraction of sp³-hybridized carbons (Fsp3) is 0.400. The summed E-state index contributed by atoms with van der Waals surface area (Å²) in [7, 11) is 0. The molecule has 0 aliphatic heterocycles. The largest absolute Gasteiger partial charge is 0.494 e. The third kappa shape index (κ3) is 6.62. The van der Waals surface area contributed by atoms with Gasteiger partial charge in [0.05, 0.1) is 16.7 Å². The summed E-state index contributed by atoms with van der Waals surface area (Å²) in [6, 6.07) is 13.8. The summed E-state index contributed by atoms with van der Waals surface area (Å²) in [5, 5.41) is 4.46. The van der Waals surface area contributed by atoms with E-state index in [2.05, 4.69) is 24.4 Å². The second kappa shape index (κ2) is 10.5. The van der Waals surface area contributed by atoms with Crippen molar-refractivity contribution in [1.29, 1.82) is 0 Å². The van der Waals surface area contributed by atoms with Gasteiger partial charge < -0.3 is 10.1 Å². The molecule has 0 radical (unpaired) electrons. The molecule has 0 fully saturated rings. The summed E-state index contributed by atoms with van der Waals surface area (Å²) < 4.78 is 5.78. The highest BCUT2D eigenvalue weighted by atomic mass is 35.5. The maximum atomic E-state index is 6.02. The van der Waals surface area contributed by atoms with Gasteiger partial charge in [0.1, 0.15) is 5.75 Å². The number of halogens is 2. The SMILES string of the molecule is CCCCCCCOc1ccc(CNc2ccc(Cl)c(Cl)c2)cc1. The first-order valence-corrected chi connectivity index (χ1v) is 9.35. The van der Waals surface area contributed by atoms with Gasteiger partial charge in [-0.25, -0.2) is 0 Å². The molecule has 1 N–H and O–H groups in total. The molecule has 2 nitrogen and oxygen atoms in total. The zero-order chi connectivity index (χ0) is 17.2. The highest BCUT2D eigenvalue weighted by molar-refractivity contribution is 6.42. The third-order valence-corrected chi connectivity index (χ3v) is 4.60. The molecule has 2 aromatic carbocycles. The van der Waals surface area contributed by atoms with Crippen LogP contribution in [0.25, 0.3) is 0 Å². The first-order chi connectivity index (χ1) is 11.7. The lowest BCUT2D eigenvalue weighted by Crippen LogP contribution is -2.00. The van der Waals surface area contributed by atoms with Gasteiger partial charge in [-0.2, -0.15) is 0 Å². The maximum absolute atomic E-state index is 6.02. The van der Waals surface area contributed by atoms with Gasteiger partial charge in [-0.05, 0) is 42.3 Å². The molecule has 2 aromatic rings. The van der Waals surface area contributed by atoms with Gasteiger partial charge in [0, 0.05) is 12.2 Å². The van der Waals surface area contributed by atoms with Crippen LogP contribution in [0.15, 0.2) is 42.5 Å². The highest BCUT2D eigenvalue weighted by Gasteiger charge is 2.00. The van der Waals surface area contributed by atoms with Crippen molar-refractivity contribution in [3.05, 3.63) is 58.1 Å². The number of benzene rings is 2. The van der Waals surface area contributed by atoms with Gasteiger partial charge in [-0.1, -0.05) is 67.9 Å². The van der Waals surface area contributed by atoms with Gasteiger partial charge in [-0.15, -0.1) is 0 Å². The van der Waals surface area contributed by atoms with E-state index in [1.54, 1.807) is 6.07 Å². The minimum Gasteiger partial charge on any atom is -0.494 e. The number of hydrogen-bond donors (Lipinski definition) is 1. The molecule has 4 heteroatoms. The Bertz CT molecular complexity index is 614. The normalized spacial score (nSPS) is 10.6. The quantitative estimate of drug-likeness (QED) is 0.459. The van der Waals surface area contributed by atoms with Crippen LogP contribution in [-0.2, 0) is 6.54 Å². The Kier molecular flexibility index (Phi) is 8.27. The Morgan fingerprint density at radius 2 is 1.62 bits per heavy atom. The first-order valence-electron chi connectivity index (χ1n) is 8.59. The monoisotopic (exact) mass is 365 g/mol. The number of rotatable bonds is 10. The molecule has 0 aromatic heterocycles. The Hall–Kier alpha value is -1.38. The number of nitrogens with one attached hydrogen (secondary N) is 1. The number of unbranched alkanes of at least 4 members (excludes halogenated alkanes) is 4. The van der Waals surface area contributed by atoms with Crippen molar-refractivity contribution in [3.63, 3.8) is 0 Å². The molecule has 0 aliphatic rings. The van der Waals surface area contributed by atoms with Crippen LogP contribution in [-0.4, -0.2) is 6.61 Å². The first kappa shape index (κ1) is 19.0. The van der Waals surface area contributed by atoms with Crippen molar-refractivity contribution in [3.8, 4) is 5.75 Å². The van der Waals surface area contributed by atoms with E-state index in [1.165, 1.54) is 31.2 Å². The molecule has 0 amide bonds. The summed E-state index contributed by atoms with van der Waals surface area (Å²) in [5.41, 5.74) is 2.15. The van der Waals surface area contributed by atoms with Crippen LogP contribution in [0.2, 0.25) is 10.0 Å². The second-order valence-corrected chi connectivity index (χ2v) is 6.70. The van der Waals surface area contributed by atoms with E-state index in [-0.39, 0.29) is 0 Å². The van der Waals surface area contributed by atoms with Crippen molar-refractivity contribution in [2.24, 2.45) is 0 Å². The molecule has 0 saturated carbocycles. The Morgan fingerprint density at radius 3 is 2.33 bits per heavy atom. The molecule has 0 bridgehead atoms. The van der Waals surface area contributed by atoms with Crippen LogP contribution in [0.3, 0.4) is 0 Å². The average Bonchev–Trinajstić information content (AvgIpc) is 2.60. The van der Waals surface area contributed by atoms with Crippen molar-refractivity contribution in [2.75, 3.05) is 11.9 Å². The fourth-order valence-corrected chi connectivity index (χ4v) is 2.71. The van der Waals surface area contributed by atoms with Crippen LogP contribution < -0.4 is 10.1 Å². The van der Waals surface area contributed by atoms with Crippen LogP contribution >= 0.6 is 23.2 Å². The average molecular weight is 366 g/mol. The third-order valence-electron chi connectivity index (χ3n) is 3.86. The lowest BCUT2D eigenvalue weighted by molar-refractivity contribution is 0.304. The molecule has 0 aliphatic carbocycles. The standard InChI is InChI=1S/C20H25Cl2NO/c1-2-3-4-5-6-13-24-18-10-7-16(8-11-18)15-23-17-9-12-19(21)20(22)14-17/h7-12,14,23H,2-6,13,15H2,1H3. The molecule has 2 rings (SSSR count). The fourth-order valence-electron chi connectivity index (χ4n) is 2.41. The maximum Gasteiger partial charge on any atom is 0.119 e. The predicted octanol–water partition coefficient (Wildman–Crippen LogP) is 6.95. The Labute approximate surface area is 155 Å². The molecular weight excluding hydrogens is 341 g/mol. The molecule has 24 heavy (non-hydrogen) atoms. The van der Waals surface area contributed by atoms with Crippen molar-refractivity contribution >= 4 is 28.9 Å². The van der Waals surface area contributed by atoms with E-state index in [9.17, 15) is 0 Å². The number of anilines is 1. The molecule has 0 spiro atoms. The van der Waals surface area contributed by atoms with Crippen molar-refractivity contribution < 1.29 is 4.74 Å². The number of hydrogen-bond acceptors (Lipinski definition) is 2. The smallest absolute Gasteiger partial charge is 0.119 e. The minimum absolute atomic E-state index is 0.560. The molecule has 0 atom stereocenters. The van der Waals surface area contributed by atoms with Crippen LogP contribution in [0.5, 0.6) is 5.75 Å². The van der Waals surface area contributed by atoms with Gasteiger partial charge in [-0.3, -0.25) is 0 Å². The summed E-state index contributed by atoms with van der Waals surface area (Å²) in [5.74, 6) is 0.934. The molecule has 0 unspecified atom stereocenters. The lowest BCUT2D eigenvalue weighted by Gasteiger charge is -2.09. The minimum atomic E-state index is 0.560. The summed E-state index contributed by atoms with van der Waals surface area (Å²) in [6.07, 6.45) is 6.28. The molecular formula is C20H25Cl2NO. The van der Waals surface area contributed by atoms with Gasteiger partial charge >= 0.3 is 0 Å². The number of ether oxygens (including phenoxy) is 1. The Morgan fingerprint density at radius 1 is 0.875 bits per heavy atom. The topological polar surface area (TPSA) is 21.3 Å². The zero-order valence-corrected chi connectivity index (χ0v) is 15.7. The van der Waals surface area contributed by atoms with Crippen molar-refractivity contribution in [2.45, 2.75) is 45.6 Å². The van der Waals surface area contributed by atoms with Gasteiger partial charge in [0.2, 0.25) is 0 Å². The molecule has 130 valence electrons. The summed E-state index contributed by atoms with van der Waals surface area (Å²) >= 11 is 11.9. The summed E-state index contributed by atoms with van der Waals surface area (Å²) in [4.78, 5) is 0. The molecule has 0 saturated heterocycles.